The van der Waals surface area contributed by atoms with Crippen molar-refractivity contribution in [2.45, 2.75) is 24.2 Å². The van der Waals surface area contributed by atoms with Gasteiger partial charge in [0.1, 0.15) is 0 Å². The molecule has 11 rings (SSSR count). The van der Waals surface area contributed by atoms with Gasteiger partial charge in [0.2, 0.25) is 0 Å². The molecule has 0 saturated heterocycles. The molecular weight excluding hydrogens is 627 g/mol. The largest absolute Gasteiger partial charge is 0.256 e. The van der Waals surface area contributed by atoms with Crippen molar-refractivity contribution in [1.29, 1.82) is 0 Å². The van der Waals surface area contributed by atoms with Gasteiger partial charge in [-0.15, -0.1) is 0 Å². The summed E-state index contributed by atoms with van der Waals surface area (Å²) in [6.07, 6.45) is 13.4. The quantitative estimate of drug-likeness (QED) is 0.172. The lowest BCUT2D eigenvalue weighted by molar-refractivity contribution is 0.766. The van der Waals surface area contributed by atoms with Gasteiger partial charge < -0.3 is 0 Å². The predicted octanol–water partition coefficient (Wildman–Crippen LogP) is 13.1. The van der Waals surface area contributed by atoms with Gasteiger partial charge in [-0.1, -0.05) is 170 Å². The van der Waals surface area contributed by atoms with Gasteiger partial charge >= 0.3 is 0 Å². The molecule has 1 heterocycles. The van der Waals surface area contributed by atoms with Gasteiger partial charge in [-0.05, 0) is 96.1 Å². The van der Waals surface area contributed by atoms with E-state index in [1.54, 1.807) is 0 Å². The third-order valence-electron chi connectivity index (χ3n) is 11.9. The lowest BCUT2D eigenvalue weighted by atomic mass is 9.69. The molecule has 0 saturated carbocycles. The molecule has 1 unspecified atom stereocenters. The van der Waals surface area contributed by atoms with Crippen molar-refractivity contribution >= 4 is 21.5 Å². The van der Waals surface area contributed by atoms with Crippen LogP contribution in [-0.4, -0.2) is 4.98 Å². The van der Waals surface area contributed by atoms with E-state index in [0.717, 1.165) is 24.1 Å². The molecule has 0 bridgehead atoms. The topological polar surface area (TPSA) is 12.9 Å². The minimum Gasteiger partial charge on any atom is -0.256 e. The van der Waals surface area contributed by atoms with Gasteiger partial charge in [-0.25, -0.2) is 0 Å². The molecule has 0 amide bonds. The average Bonchev–Trinajstić information content (AvgIpc) is 3.51. The first kappa shape index (κ1) is 29.4. The number of pyridine rings is 1. The van der Waals surface area contributed by atoms with Gasteiger partial charge in [0.05, 0.1) is 11.1 Å². The average molecular weight is 662 g/mol. The fraction of sp³-hybridized carbons (Fsp3) is 0.0784. The van der Waals surface area contributed by atoms with Crippen LogP contribution in [0, 0.1) is 0 Å². The van der Waals surface area contributed by atoms with Crippen molar-refractivity contribution in [1.82, 2.24) is 4.98 Å². The van der Waals surface area contributed by atoms with Crippen molar-refractivity contribution < 1.29 is 0 Å². The zero-order valence-electron chi connectivity index (χ0n) is 28.8. The lowest BCUT2D eigenvalue weighted by Crippen LogP contribution is -2.26. The van der Waals surface area contributed by atoms with Crippen LogP contribution >= 0.6 is 0 Å². The number of benzene rings is 7. The minimum atomic E-state index is -0.404. The normalized spacial score (nSPS) is 16.1. The highest BCUT2D eigenvalue weighted by Crippen LogP contribution is 2.64. The standard InChI is InChI=1S/C51H35N/c1-2-4-17-33(16-3-1)48-39-21-5-7-23-41(39)49(42-24-8-6-22-40(42)48)47-31-30-34(32-52-47)35-25-15-26-43-38-20-11-14-29-46(38)51(50(35)43)44-27-12-9-18-36(44)37-19-10-13-28-45(37)51/h1-3,5-16,18-33H,4,17H2. The first-order valence-electron chi connectivity index (χ1n) is 18.5. The summed E-state index contributed by atoms with van der Waals surface area (Å²) in [6.45, 7) is 0. The summed E-state index contributed by atoms with van der Waals surface area (Å²) in [6, 6.07) is 56.4. The Morgan fingerprint density at radius 2 is 1.02 bits per heavy atom. The molecule has 0 fully saturated rings. The zero-order chi connectivity index (χ0) is 34.2. The summed E-state index contributed by atoms with van der Waals surface area (Å²) in [5.74, 6) is 0.358. The Morgan fingerprint density at radius 3 is 1.63 bits per heavy atom. The van der Waals surface area contributed by atoms with Crippen LogP contribution in [-0.2, 0) is 5.41 Å². The highest BCUT2D eigenvalue weighted by molar-refractivity contribution is 6.15. The van der Waals surface area contributed by atoms with E-state index in [9.17, 15) is 0 Å². The maximum absolute atomic E-state index is 5.34. The Morgan fingerprint density at radius 1 is 0.481 bits per heavy atom. The summed E-state index contributed by atoms with van der Waals surface area (Å²) >= 11 is 0. The van der Waals surface area contributed by atoms with Gasteiger partial charge in [-0.3, -0.25) is 4.98 Å². The second-order valence-corrected chi connectivity index (χ2v) is 14.4. The smallest absolute Gasteiger partial charge is 0.0731 e. The molecule has 52 heavy (non-hydrogen) atoms. The van der Waals surface area contributed by atoms with Crippen LogP contribution in [0.2, 0.25) is 0 Å². The number of allylic oxidation sites excluding steroid dienone is 4. The first-order chi connectivity index (χ1) is 25.8. The third kappa shape index (κ3) is 3.97. The number of aromatic nitrogens is 1. The summed E-state index contributed by atoms with van der Waals surface area (Å²) in [7, 11) is 0. The van der Waals surface area contributed by atoms with Crippen LogP contribution in [0.5, 0.6) is 0 Å². The second-order valence-electron chi connectivity index (χ2n) is 14.4. The van der Waals surface area contributed by atoms with Gasteiger partial charge in [0.25, 0.3) is 0 Å². The second kappa shape index (κ2) is 11.4. The maximum Gasteiger partial charge on any atom is 0.0731 e. The summed E-state index contributed by atoms with van der Waals surface area (Å²) < 4.78 is 0. The van der Waals surface area contributed by atoms with Crippen molar-refractivity contribution in [3.63, 3.8) is 0 Å². The summed E-state index contributed by atoms with van der Waals surface area (Å²) in [5.41, 5.74) is 16.3. The zero-order valence-corrected chi connectivity index (χ0v) is 28.8. The summed E-state index contributed by atoms with van der Waals surface area (Å²) in [4.78, 5) is 5.34. The molecule has 8 aromatic rings. The molecule has 1 aromatic heterocycles. The predicted molar refractivity (Wildman–Crippen MR) is 217 cm³/mol. The van der Waals surface area contributed by atoms with Crippen LogP contribution in [0.3, 0.4) is 0 Å². The van der Waals surface area contributed by atoms with E-state index < -0.39 is 5.41 Å². The van der Waals surface area contributed by atoms with E-state index in [1.165, 1.54) is 82.7 Å². The number of rotatable bonds is 3. The van der Waals surface area contributed by atoms with E-state index in [1.807, 2.05) is 0 Å². The van der Waals surface area contributed by atoms with Crippen molar-refractivity contribution in [3.8, 4) is 44.6 Å². The Balaban J connectivity index is 1.13. The molecule has 1 spiro atoms. The van der Waals surface area contributed by atoms with Crippen LogP contribution < -0.4 is 0 Å². The molecule has 244 valence electrons. The molecule has 1 heteroatoms. The molecule has 0 aliphatic heterocycles. The molecular formula is C51H35N. The minimum absolute atomic E-state index is 0.358. The molecule has 7 aromatic carbocycles. The number of hydrogen-bond donors (Lipinski definition) is 0. The van der Waals surface area contributed by atoms with Crippen molar-refractivity contribution in [2.24, 2.45) is 0 Å². The van der Waals surface area contributed by atoms with E-state index in [-0.39, 0.29) is 0 Å². The van der Waals surface area contributed by atoms with Gasteiger partial charge in [0, 0.05) is 23.2 Å². The third-order valence-corrected chi connectivity index (χ3v) is 11.9. The van der Waals surface area contributed by atoms with E-state index in [2.05, 4.69) is 182 Å². The Kier molecular flexibility index (Phi) is 6.42. The van der Waals surface area contributed by atoms with Crippen LogP contribution in [0.25, 0.3) is 66.2 Å². The molecule has 1 nitrogen and oxygen atoms in total. The van der Waals surface area contributed by atoms with E-state index >= 15 is 0 Å². The first-order valence-corrected chi connectivity index (χ1v) is 18.5. The van der Waals surface area contributed by atoms with Crippen molar-refractivity contribution in [2.75, 3.05) is 0 Å². The highest BCUT2D eigenvalue weighted by Gasteiger charge is 2.52. The Bertz CT molecular complexity index is 2680. The molecule has 0 radical (unpaired) electrons. The number of nitrogens with zero attached hydrogens (tertiary/aromatic N) is 1. The van der Waals surface area contributed by atoms with Crippen molar-refractivity contribution in [3.05, 3.63) is 210 Å². The van der Waals surface area contributed by atoms with Crippen LogP contribution in [0.1, 0.15) is 46.6 Å². The monoisotopic (exact) mass is 661 g/mol. The SMILES string of the molecule is C1=CCCC(c2c3ccccc3c(-c3ccc(-c4cccc5c4C4(c6ccccc6-c6ccccc64)c4ccccc4-5)cn3)c3ccccc23)C=C1. The van der Waals surface area contributed by atoms with E-state index in [0.29, 0.717) is 5.92 Å². The van der Waals surface area contributed by atoms with E-state index in [4.69, 9.17) is 4.98 Å². The Hall–Kier alpha value is -6.31. The molecule has 0 N–H and O–H groups in total. The lowest BCUT2D eigenvalue weighted by Gasteiger charge is -2.32. The van der Waals surface area contributed by atoms with Gasteiger partial charge in [-0.2, -0.15) is 0 Å². The maximum atomic E-state index is 5.34. The van der Waals surface area contributed by atoms with Crippen LogP contribution in [0.15, 0.2) is 182 Å². The van der Waals surface area contributed by atoms with Gasteiger partial charge in [0.15, 0.2) is 0 Å². The molecule has 1 atom stereocenters. The Labute approximate surface area is 304 Å². The number of fused-ring (bicyclic) bond motifs is 12. The fourth-order valence-electron chi connectivity index (χ4n) is 9.92. The number of hydrogen-bond acceptors (Lipinski definition) is 1. The highest BCUT2D eigenvalue weighted by atomic mass is 14.7. The van der Waals surface area contributed by atoms with Crippen LogP contribution in [0.4, 0.5) is 0 Å². The summed E-state index contributed by atoms with van der Waals surface area (Å²) in [5, 5.41) is 5.16. The molecule has 3 aliphatic rings. The fourth-order valence-corrected chi connectivity index (χ4v) is 9.92. The molecule has 3 aliphatic carbocycles.